The van der Waals surface area contributed by atoms with Crippen molar-refractivity contribution in [3.05, 3.63) is 168 Å². The number of methoxy groups -OCH3 is 2. The van der Waals surface area contributed by atoms with Crippen molar-refractivity contribution in [1.82, 2.24) is 0 Å². The van der Waals surface area contributed by atoms with Crippen molar-refractivity contribution in [2.75, 3.05) is 24.1 Å². The molecule has 0 bridgehead atoms. The Morgan fingerprint density at radius 1 is 0.792 bits per heavy atom. The zero-order chi connectivity index (χ0) is 32.9. The molecule has 0 aliphatic carbocycles. The number of carbonyl (C=O) groups is 1. The number of ether oxygens (including phenoxy) is 2. The van der Waals surface area contributed by atoms with Crippen molar-refractivity contribution in [2.45, 2.75) is 12.1 Å². The number of rotatable bonds is 8. The monoisotopic (exact) mass is 650 g/mol. The molecule has 2 heterocycles. The lowest BCUT2D eigenvalue weighted by atomic mass is 9.88. The molecule has 0 unspecified atom stereocenters. The Morgan fingerprint density at radius 2 is 1.40 bits per heavy atom. The molecule has 0 saturated carbocycles. The molecule has 1 saturated heterocycles. The van der Waals surface area contributed by atoms with Gasteiger partial charge in [-0.2, -0.15) is 5.10 Å². The van der Waals surface area contributed by atoms with Crippen LogP contribution in [0.4, 0.5) is 17.1 Å². The van der Waals surface area contributed by atoms with Gasteiger partial charge in [-0.1, -0.05) is 115 Å². The van der Waals surface area contributed by atoms with E-state index >= 15 is 0 Å². The molecule has 5 aromatic carbocycles. The number of aliphatic imine (C=N–C) groups is 1. The summed E-state index contributed by atoms with van der Waals surface area (Å²) < 4.78 is 11.2. The highest BCUT2D eigenvalue weighted by atomic mass is 32.2. The second kappa shape index (κ2) is 13.6. The second-order valence-corrected chi connectivity index (χ2v) is 12.4. The molecule has 0 radical (unpaired) electrons. The molecule has 238 valence electrons. The molecule has 5 aromatic rings. The van der Waals surface area contributed by atoms with Gasteiger partial charge in [0.15, 0.2) is 5.84 Å². The van der Waals surface area contributed by atoms with Crippen LogP contribution >= 0.6 is 11.8 Å². The minimum atomic E-state index is -1.28. The fraction of sp³-hybridized carbons (Fsp3) is 0.125. The fourth-order valence-electron chi connectivity index (χ4n) is 6.24. The third-order valence-corrected chi connectivity index (χ3v) is 9.68. The van der Waals surface area contributed by atoms with Crippen LogP contribution in [0.1, 0.15) is 11.1 Å². The highest BCUT2D eigenvalue weighted by Gasteiger charge is 2.67. The predicted octanol–water partition coefficient (Wildman–Crippen LogP) is 8.47. The first-order valence-electron chi connectivity index (χ1n) is 15.7. The molecular weight excluding hydrogens is 617 g/mol. The topological polar surface area (TPSA) is 66.7 Å². The van der Waals surface area contributed by atoms with Crippen LogP contribution in [0.15, 0.2) is 167 Å². The molecule has 2 atom stereocenters. The Morgan fingerprint density at radius 3 is 2.02 bits per heavy atom. The first-order valence-corrected chi connectivity index (χ1v) is 16.5. The summed E-state index contributed by atoms with van der Waals surface area (Å²) in [5, 5.41) is 8.04. The number of thioether (sulfide) groups is 1. The van der Waals surface area contributed by atoms with Crippen LogP contribution in [0.25, 0.3) is 0 Å². The number of hydrogen-bond acceptors (Lipinski definition) is 8. The molecule has 8 heteroatoms. The summed E-state index contributed by atoms with van der Waals surface area (Å²) in [4.78, 5) is 22.7. The van der Waals surface area contributed by atoms with Gasteiger partial charge in [-0.05, 0) is 60.5 Å². The number of benzene rings is 5. The van der Waals surface area contributed by atoms with Gasteiger partial charge in [-0.15, -0.1) is 0 Å². The Balaban J connectivity index is 1.56. The summed E-state index contributed by atoms with van der Waals surface area (Å²) in [6.45, 7) is 0. The van der Waals surface area contributed by atoms with Gasteiger partial charge in [0, 0.05) is 16.2 Å². The number of hydrazone groups is 1. The maximum atomic E-state index is 14.4. The van der Waals surface area contributed by atoms with E-state index in [0.29, 0.717) is 17.3 Å². The molecule has 0 amide bonds. The highest BCUT2D eigenvalue weighted by Crippen LogP contribution is 2.56. The van der Waals surface area contributed by atoms with E-state index in [4.69, 9.17) is 19.6 Å². The number of esters is 1. The van der Waals surface area contributed by atoms with Gasteiger partial charge in [0.1, 0.15) is 16.7 Å². The molecule has 2 aliphatic rings. The van der Waals surface area contributed by atoms with Crippen LogP contribution in [0, 0.1) is 5.92 Å². The van der Waals surface area contributed by atoms with Crippen LogP contribution in [-0.4, -0.2) is 36.7 Å². The SMILES string of the molecule is COC(=O)[C@@H]1/C(=C\Cc2ccccc2)SC(=Nc2ccccc2)[C@@]12N(c1ccccc1)N=C(c1ccccc1)N2c1ccc(OC)cc1. The highest BCUT2D eigenvalue weighted by molar-refractivity contribution is 8.18. The Bertz CT molecular complexity index is 1970. The molecule has 0 aromatic heterocycles. The average molecular weight is 651 g/mol. The summed E-state index contributed by atoms with van der Waals surface area (Å²) in [6, 6.07) is 47.9. The van der Waals surface area contributed by atoms with Crippen molar-refractivity contribution >= 4 is 45.7 Å². The first kappa shape index (κ1) is 31.0. The van der Waals surface area contributed by atoms with Gasteiger partial charge in [-0.3, -0.25) is 9.69 Å². The van der Waals surface area contributed by atoms with Crippen molar-refractivity contribution in [1.29, 1.82) is 0 Å². The molecule has 2 aliphatic heterocycles. The van der Waals surface area contributed by atoms with E-state index in [2.05, 4.69) is 23.1 Å². The molecule has 7 rings (SSSR count). The first-order chi connectivity index (χ1) is 23.6. The van der Waals surface area contributed by atoms with Gasteiger partial charge >= 0.3 is 5.97 Å². The van der Waals surface area contributed by atoms with E-state index in [-0.39, 0.29) is 5.97 Å². The molecule has 1 spiro atoms. The van der Waals surface area contributed by atoms with E-state index in [1.807, 2.05) is 138 Å². The largest absolute Gasteiger partial charge is 0.497 e. The van der Waals surface area contributed by atoms with Crippen molar-refractivity contribution in [3.8, 4) is 5.75 Å². The van der Waals surface area contributed by atoms with Crippen LogP contribution in [-0.2, 0) is 16.0 Å². The van der Waals surface area contributed by atoms with E-state index < -0.39 is 11.6 Å². The van der Waals surface area contributed by atoms with Gasteiger partial charge in [0.25, 0.3) is 0 Å². The van der Waals surface area contributed by atoms with E-state index in [9.17, 15) is 4.79 Å². The number of allylic oxidation sites excluding steroid dienone is 1. The number of amidine groups is 1. The van der Waals surface area contributed by atoms with E-state index in [1.54, 1.807) is 7.11 Å². The average Bonchev–Trinajstić information content (AvgIpc) is 3.67. The van der Waals surface area contributed by atoms with Crippen molar-refractivity contribution in [3.63, 3.8) is 0 Å². The second-order valence-electron chi connectivity index (χ2n) is 11.3. The lowest BCUT2D eigenvalue weighted by Gasteiger charge is -2.44. The van der Waals surface area contributed by atoms with Crippen molar-refractivity contribution < 1.29 is 14.3 Å². The molecule has 7 nitrogen and oxygen atoms in total. The fourth-order valence-corrected chi connectivity index (χ4v) is 7.61. The van der Waals surface area contributed by atoms with Gasteiger partial charge < -0.3 is 9.47 Å². The van der Waals surface area contributed by atoms with Crippen LogP contribution in [0.3, 0.4) is 0 Å². The van der Waals surface area contributed by atoms with Gasteiger partial charge in [0.05, 0.1) is 25.6 Å². The minimum absolute atomic E-state index is 0.385. The lowest BCUT2D eigenvalue weighted by molar-refractivity contribution is -0.144. The number of para-hydroxylation sites is 2. The Labute approximate surface area is 284 Å². The molecule has 48 heavy (non-hydrogen) atoms. The maximum absolute atomic E-state index is 14.4. The smallest absolute Gasteiger partial charge is 0.318 e. The minimum Gasteiger partial charge on any atom is -0.497 e. The number of anilines is 2. The third kappa shape index (κ3) is 5.65. The lowest BCUT2D eigenvalue weighted by Crippen LogP contribution is -2.65. The summed E-state index contributed by atoms with van der Waals surface area (Å²) in [5.74, 6) is 0.177. The maximum Gasteiger partial charge on any atom is 0.318 e. The summed E-state index contributed by atoms with van der Waals surface area (Å²) in [5.41, 5.74) is 3.13. The molecule has 1 fully saturated rings. The standard InChI is InChI=1S/C40H34N4O3S/c1-46-34-26-24-32(25-27-34)43-37(30-17-9-4-10-18-30)42-44(33-21-13-6-14-22-33)40(43)36(38(45)47-2)35(28-23-29-15-7-3-8-16-29)48-39(40)41-31-19-11-5-12-20-31/h3-22,24-28,36H,23H2,1-2H3/b35-28+,41-39?/t36-,40-/m0/s1. The van der Waals surface area contributed by atoms with Crippen LogP contribution in [0.2, 0.25) is 0 Å². The number of nitrogens with zero attached hydrogens (tertiary/aromatic N) is 4. The Hall–Kier alpha value is -5.60. The zero-order valence-corrected chi connectivity index (χ0v) is 27.5. The normalized spacial score (nSPS) is 20.4. The van der Waals surface area contributed by atoms with E-state index in [0.717, 1.165) is 38.8 Å². The van der Waals surface area contributed by atoms with Gasteiger partial charge in [-0.25, -0.2) is 10.0 Å². The summed E-state index contributed by atoms with van der Waals surface area (Å²) >= 11 is 1.50. The third-order valence-electron chi connectivity index (χ3n) is 8.46. The summed E-state index contributed by atoms with van der Waals surface area (Å²) in [7, 11) is 3.09. The number of hydrogen-bond donors (Lipinski definition) is 0. The van der Waals surface area contributed by atoms with Gasteiger partial charge in [0.2, 0.25) is 5.66 Å². The predicted molar refractivity (Wildman–Crippen MR) is 195 cm³/mol. The Kier molecular flexibility index (Phi) is 8.81. The van der Waals surface area contributed by atoms with Crippen LogP contribution in [0.5, 0.6) is 5.75 Å². The zero-order valence-electron chi connectivity index (χ0n) is 26.6. The molecular formula is C40H34N4O3S. The van der Waals surface area contributed by atoms with Crippen LogP contribution < -0.4 is 14.6 Å². The molecule has 0 N–H and O–H groups in total. The van der Waals surface area contributed by atoms with Crippen molar-refractivity contribution in [2.24, 2.45) is 16.0 Å². The van der Waals surface area contributed by atoms with E-state index in [1.165, 1.54) is 18.9 Å². The summed E-state index contributed by atoms with van der Waals surface area (Å²) in [6.07, 6.45) is 2.76. The quantitative estimate of drug-likeness (QED) is 0.157. The number of carbonyl (C=O) groups excluding carboxylic acids is 1.